The van der Waals surface area contributed by atoms with Crippen molar-refractivity contribution < 1.29 is 22.7 Å². The molecule has 3 atom stereocenters. The Morgan fingerprint density at radius 1 is 1.14 bits per heavy atom. The molecule has 1 saturated carbocycles. The highest BCUT2D eigenvalue weighted by Crippen LogP contribution is 2.36. The van der Waals surface area contributed by atoms with E-state index in [4.69, 9.17) is 10.6 Å². The molecule has 42 heavy (non-hydrogen) atoms. The summed E-state index contributed by atoms with van der Waals surface area (Å²) >= 11 is 3.36. The lowest BCUT2D eigenvalue weighted by Gasteiger charge is -2.37. The topological polar surface area (TPSA) is 137 Å². The van der Waals surface area contributed by atoms with E-state index in [-0.39, 0.29) is 28.6 Å². The molecule has 1 amide bonds. The van der Waals surface area contributed by atoms with Crippen molar-refractivity contribution in [1.29, 1.82) is 0 Å². The van der Waals surface area contributed by atoms with E-state index in [2.05, 4.69) is 47.0 Å². The summed E-state index contributed by atoms with van der Waals surface area (Å²) in [4.78, 5) is 30.3. The summed E-state index contributed by atoms with van der Waals surface area (Å²) in [5.41, 5.74) is 1.23. The Bertz CT molecular complexity index is 1550. The van der Waals surface area contributed by atoms with Gasteiger partial charge in [-0.3, -0.25) is 9.59 Å². The van der Waals surface area contributed by atoms with E-state index in [0.717, 1.165) is 23.6 Å². The maximum absolute atomic E-state index is 14.0. The number of aromatic nitrogens is 2. The average molecular weight is 661 g/mol. The molecule has 0 saturated heterocycles. The maximum atomic E-state index is 14.0. The highest BCUT2D eigenvalue weighted by atomic mass is 79.9. The smallest absolute Gasteiger partial charge is 0.327 e. The van der Waals surface area contributed by atoms with E-state index in [9.17, 15) is 18.0 Å². The van der Waals surface area contributed by atoms with Crippen LogP contribution in [-0.2, 0) is 19.6 Å². The number of rotatable bonds is 9. The van der Waals surface area contributed by atoms with Crippen LogP contribution < -0.4 is 15.5 Å². The van der Waals surface area contributed by atoms with Crippen LogP contribution in [0.1, 0.15) is 61.9 Å². The molecule has 4 rings (SSSR count). The number of hydrogen-bond donors (Lipinski definition) is 2. The Morgan fingerprint density at radius 3 is 2.40 bits per heavy atom. The van der Waals surface area contributed by atoms with Crippen molar-refractivity contribution in [2.24, 2.45) is 17.8 Å². The Kier molecular flexibility index (Phi) is 9.67. The highest BCUT2D eigenvalue weighted by molar-refractivity contribution is 9.10. The van der Waals surface area contributed by atoms with E-state index in [1.807, 2.05) is 0 Å². The standard InChI is InChI=1S/C30H38BrN5O5S/c1-18(2)24-15-10-19(3)16-27(24)41-28(37)17-35(29-20(4)36(32)21(5)33-29)42(39,40)23-13-11-22(12-14-23)34-30(38)25-8-6-7-9-26(25)31/h6-9,11-14,18-19,24,27H,10,15-17,32H2,1-5H3,(H,34,38)/t19-,24+,27+/m0/s1. The number of imidazole rings is 1. The number of hydrogen-bond acceptors (Lipinski definition) is 7. The first kappa shape index (κ1) is 31.6. The van der Waals surface area contributed by atoms with Crippen LogP contribution in [0.15, 0.2) is 57.9 Å². The zero-order valence-electron chi connectivity index (χ0n) is 24.5. The largest absolute Gasteiger partial charge is 0.461 e. The van der Waals surface area contributed by atoms with Gasteiger partial charge in [-0.05, 0) is 96.8 Å². The third-order valence-corrected chi connectivity index (χ3v) is 10.3. The van der Waals surface area contributed by atoms with E-state index >= 15 is 0 Å². The molecule has 2 aromatic carbocycles. The number of ether oxygens (including phenoxy) is 1. The fourth-order valence-electron chi connectivity index (χ4n) is 5.40. The minimum Gasteiger partial charge on any atom is -0.461 e. The summed E-state index contributed by atoms with van der Waals surface area (Å²) in [5.74, 6) is 6.47. The number of amides is 1. The number of sulfonamides is 1. The summed E-state index contributed by atoms with van der Waals surface area (Å²) in [6.07, 6.45) is 2.49. The maximum Gasteiger partial charge on any atom is 0.327 e. The van der Waals surface area contributed by atoms with E-state index in [1.54, 1.807) is 38.1 Å². The number of halogens is 1. The molecular formula is C30H38BrN5O5S. The number of carbonyl (C=O) groups excluding carboxylic acids is 2. The molecule has 1 heterocycles. The molecule has 10 nitrogen and oxygen atoms in total. The van der Waals surface area contributed by atoms with Crippen LogP contribution in [0.3, 0.4) is 0 Å². The first-order valence-electron chi connectivity index (χ1n) is 14.0. The summed E-state index contributed by atoms with van der Waals surface area (Å²) in [6.45, 7) is 9.10. The molecule has 1 aliphatic carbocycles. The van der Waals surface area contributed by atoms with Crippen LogP contribution in [0.5, 0.6) is 0 Å². The van der Waals surface area contributed by atoms with Crippen molar-refractivity contribution in [2.45, 2.75) is 64.9 Å². The molecule has 3 aromatic rings. The molecule has 1 fully saturated rings. The number of nitrogen functional groups attached to an aromatic ring is 1. The molecule has 1 aromatic heterocycles. The van der Waals surface area contributed by atoms with Crippen LogP contribution in [0.25, 0.3) is 0 Å². The van der Waals surface area contributed by atoms with Gasteiger partial charge in [0.25, 0.3) is 15.9 Å². The van der Waals surface area contributed by atoms with Gasteiger partial charge in [-0.25, -0.2) is 22.4 Å². The van der Waals surface area contributed by atoms with E-state index in [0.29, 0.717) is 39.1 Å². The monoisotopic (exact) mass is 659 g/mol. The second kappa shape index (κ2) is 12.9. The van der Waals surface area contributed by atoms with Crippen LogP contribution in [-0.4, -0.2) is 42.6 Å². The number of esters is 1. The van der Waals surface area contributed by atoms with Gasteiger partial charge in [0.1, 0.15) is 18.5 Å². The molecule has 0 unspecified atom stereocenters. The molecule has 226 valence electrons. The third-order valence-electron chi connectivity index (χ3n) is 7.87. The summed E-state index contributed by atoms with van der Waals surface area (Å²) < 4.78 is 36.8. The van der Waals surface area contributed by atoms with Gasteiger partial charge in [0.15, 0.2) is 5.82 Å². The number of carbonyl (C=O) groups is 2. The quantitative estimate of drug-likeness (QED) is 0.231. The van der Waals surface area contributed by atoms with Crippen molar-refractivity contribution in [1.82, 2.24) is 9.66 Å². The first-order chi connectivity index (χ1) is 19.8. The average Bonchev–Trinajstić information content (AvgIpc) is 3.18. The zero-order chi connectivity index (χ0) is 30.8. The van der Waals surface area contributed by atoms with Crippen LogP contribution in [0.4, 0.5) is 11.5 Å². The van der Waals surface area contributed by atoms with Gasteiger partial charge in [-0.15, -0.1) is 0 Å². The number of anilines is 2. The second-order valence-electron chi connectivity index (χ2n) is 11.3. The molecule has 3 N–H and O–H groups in total. The van der Waals surface area contributed by atoms with Gasteiger partial charge in [0.05, 0.1) is 16.2 Å². The number of nitrogens with one attached hydrogen (secondary N) is 1. The first-order valence-corrected chi connectivity index (χ1v) is 16.2. The van der Waals surface area contributed by atoms with Gasteiger partial charge in [0.2, 0.25) is 0 Å². The van der Waals surface area contributed by atoms with E-state index < -0.39 is 22.5 Å². The molecule has 0 bridgehead atoms. The molecule has 0 spiro atoms. The SMILES string of the molecule is Cc1nc(N(CC(=O)O[C@@H]2C[C@@H](C)CC[C@@H]2C(C)C)S(=O)(=O)c2ccc(NC(=O)c3ccccc3Br)cc2)c(C)n1N. The Balaban J connectivity index is 1.60. The fraction of sp³-hybridized carbons (Fsp3) is 0.433. The van der Waals surface area contributed by atoms with Gasteiger partial charge in [-0.2, -0.15) is 0 Å². The Labute approximate surface area is 255 Å². The molecule has 0 radical (unpaired) electrons. The van der Waals surface area contributed by atoms with Gasteiger partial charge >= 0.3 is 5.97 Å². The lowest BCUT2D eigenvalue weighted by molar-refractivity contribution is -0.153. The van der Waals surface area contributed by atoms with Crippen molar-refractivity contribution in [3.63, 3.8) is 0 Å². The van der Waals surface area contributed by atoms with E-state index in [1.165, 1.54) is 28.9 Å². The minimum absolute atomic E-state index is 0.0516. The van der Waals surface area contributed by atoms with Crippen LogP contribution in [0.2, 0.25) is 0 Å². The summed E-state index contributed by atoms with van der Waals surface area (Å²) in [5, 5.41) is 2.77. The molecule has 0 aliphatic heterocycles. The van der Waals surface area contributed by atoms with Crippen molar-refractivity contribution in [2.75, 3.05) is 22.0 Å². The summed E-state index contributed by atoms with van der Waals surface area (Å²) in [7, 11) is -4.28. The van der Waals surface area contributed by atoms with Crippen LogP contribution in [0, 0.1) is 31.6 Å². The van der Waals surface area contributed by atoms with Crippen LogP contribution >= 0.6 is 15.9 Å². The lowest BCUT2D eigenvalue weighted by atomic mass is 9.75. The van der Waals surface area contributed by atoms with Crippen molar-refractivity contribution in [3.8, 4) is 0 Å². The van der Waals surface area contributed by atoms with Crippen molar-refractivity contribution >= 4 is 49.3 Å². The highest BCUT2D eigenvalue weighted by Gasteiger charge is 2.36. The molecular weight excluding hydrogens is 622 g/mol. The number of nitrogens with two attached hydrogens (primary N) is 1. The minimum atomic E-state index is -4.28. The number of nitrogens with zero attached hydrogens (tertiary/aromatic N) is 3. The van der Waals surface area contributed by atoms with Crippen molar-refractivity contribution in [3.05, 3.63) is 70.1 Å². The number of benzene rings is 2. The predicted molar refractivity (Wildman–Crippen MR) is 166 cm³/mol. The van der Waals surface area contributed by atoms with Gasteiger partial charge in [-0.1, -0.05) is 39.3 Å². The molecule has 12 heteroatoms. The lowest BCUT2D eigenvalue weighted by Crippen LogP contribution is -2.41. The normalized spacial score (nSPS) is 19.0. The second-order valence-corrected chi connectivity index (χ2v) is 14.0. The van der Waals surface area contributed by atoms with Gasteiger partial charge in [0, 0.05) is 10.2 Å². The zero-order valence-corrected chi connectivity index (χ0v) is 26.9. The Morgan fingerprint density at radius 2 is 1.81 bits per heavy atom. The Hall–Kier alpha value is -3.38. The number of aryl methyl sites for hydroxylation is 1. The fourth-order valence-corrected chi connectivity index (χ4v) is 7.28. The van der Waals surface area contributed by atoms with Gasteiger partial charge < -0.3 is 15.9 Å². The predicted octanol–water partition coefficient (Wildman–Crippen LogP) is 5.43. The summed E-state index contributed by atoms with van der Waals surface area (Å²) in [6, 6.07) is 12.7. The third kappa shape index (κ3) is 6.81. The molecule has 1 aliphatic rings.